The molecular weight excluding hydrogens is 270 g/mol. The lowest BCUT2D eigenvalue weighted by molar-refractivity contribution is 0.259. The topological polar surface area (TPSA) is 130 Å². The molecule has 1 heterocycles. The van der Waals surface area contributed by atoms with E-state index in [9.17, 15) is 13.2 Å². The Bertz CT molecular complexity index is 664. The van der Waals surface area contributed by atoms with Crippen LogP contribution >= 0.6 is 0 Å². The number of aromatic nitrogens is 2. The first-order valence-electron chi connectivity index (χ1n) is 5.16. The summed E-state index contributed by atoms with van der Waals surface area (Å²) in [5, 5.41) is 8.26. The van der Waals surface area contributed by atoms with Crippen LogP contribution in [0.5, 0.6) is 0 Å². The van der Waals surface area contributed by atoms with Gasteiger partial charge >= 0.3 is 6.03 Å². The standard InChI is InChI=1S/C10H11N5O3S/c11-10(16)13-7-1-3-8(4-2-7)15-19(17,18)9-5-6-12-14-9/h1-6,15H,(H,12,14)(H3,11,13,16). The number of amides is 2. The molecule has 100 valence electrons. The Balaban J connectivity index is 2.14. The normalized spacial score (nSPS) is 10.9. The summed E-state index contributed by atoms with van der Waals surface area (Å²) in [6, 6.07) is 6.69. The van der Waals surface area contributed by atoms with Gasteiger partial charge in [0.15, 0.2) is 5.03 Å². The molecule has 0 radical (unpaired) electrons. The fourth-order valence-electron chi connectivity index (χ4n) is 1.37. The average molecular weight is 281 g/mol. The van der Waals surface area contributed by atoms with Crippen molar-refractivity contribution in [1.82, 2.24) is 10.2 Å². The second-order valence-corrected chi connectivity index (χ2v) is 5.24. The van der Waals surface area contributed by atoms with Crippen molar-refractivity contribution in [1.29, 1.82) is 0 Å². The summed E-state index contributed by atoms with van der Waals surface area (Å²) >= 11 is 0. The third-order valence-corrected chi connectivity index (χ3v) is 3.48. The predicted octanol–water partition coefficient (Wildman–Crippen LogP) is 0.701. The number of nitrogens with two attached hydrogens (primary N) is 1. The van der Waals surface area contributed by atoms with E-state index in [-0.39, 0.29) is 5.03 Å². The molecular formula is C10H11N5O3S. The van der Waals surface area contributed by atoms with Gasteiger partial charge in [-0.3, -0.25) is 9.82 Å². The van der Waals surface area contributed by atoms with Gasteiger partial charge in [-0.05, 0) is 30.3 Å². The van der Waals surface area contributed by atoms with Crippen LogP contribution in [0.3, 0.4) is 0 Å². The zero-order valence-corrected chi connectivity index (χ0v) is 10.4. The van der Waals surface area contributed by atoms with Gasteiger partial charge in [-0.2, -0.15) is 13.5 Å². The van der Waals surface area contributed by atoms with Crippen LogP contribution < -0.4 is 15.8 Å². The van der Waals surface area contributed by atoms with E-state index >= 15 is 0 Å². The van der Waals surface area contributed by atoms with Crippen LogP contribution in [0, 0.1) is 0 Å². The average Bonchev–Trinajstić information content (AvgIpc) is 2.85. The fourth-order valence-corrected chi connectivity index (χ4v) is 2.34. The summed E-state index contributed by atoms with van der Waals surface area (Å²) in [4.78, 5) is 10.6. The largest absolute Gasteiger partial charge is 0.351 e. The van der Waals surface area contributed by atoms with E-state index in [2.05, 4.69) is 20.2 Å². The Hall–Kier alpha value is -2.55. The lowest BCUT2D eigenvalue weighted by Gasteiger charge is -2.07. The van der Waals surface area contributed by atoms with Crippen molar-refractivity contribution in [3.63, 3.8) is 0 Å². The van der Waals surface area contributed by atoms with Crippen molar-refractivity contribution in [2.75, 3.05) is 10.0 Å². The number of carbonyl (C=O) groups excluding carboxylic acids is 1. The number of H-pyrrole nitrogens is 1. The molecule has 1 aromatic carbocycles. The molecule has 1 aromatic heterocycles. The number of hydrogen-bond acceptors (Lipinski definition) is 4. The number of primary amides is 1. The molecule has 2 amide bonds. The Labute approximate surface area is 109 Å². The molecule has 0 atom stereocenters. The summed E-state index contributed by atoms with van der Waals surface area (Å²) in [6.07, 6.45) is 1.34. The number of nitrogens with one attached hydrogen (secondary N) is 3. The van der Waals surface area contributed by atoms with Gasteiger partial charge in [0.05, 0.1) is 6.20 Å². The summed E-state index contributed by atoms with van der Waals surface area (Å²) in [7, 11) is -3.69. The SMILES string of the molecule is NC(=O)Nc1ccc(NS(=O)(=O)c2ccn[nH]2)cc1. The second kappa shape index (κ2) is 4.98. The third-order valence-electron chi connectivity index (χ3n) is 2.17. The molecule has 0 aliphatic heterocycles. The maximum Gasteiger partial charge on any atom is 0.316 e. The van der Waals surface area contributed by atoms with E-state index in [1.807, 2.05) is 0 Å². The van der Waals surface area contributed by atoms with Crippen molar-refractivity contribution < 1.29 is 13.2 Å². The number of aromatic amines is 1. The first kappa shape index (κ1) is 12.9. The summed E-state index contributed by atoms with van der Waals surface area (Å²) in [5.41, 5.74) is 5.78. The second-order valence-electron chi connectivity index (χ2n) is 3.59. The Morgan fingerprint density at radius 1 is 1.16 bits per heavy atom. The summed E-state index contributed by atoms with van der Waals surface area (Å²) in [5.74, 6) is 0. The molecule has 0 aliphatic carbocycles. The van der Waals surface area contributed by atoms with Gasteiger partial charge in [0.2, 0.25) is 0 Å². The van der Waals surface area contributed by atoms with Crippen LogP contribution in [0.15, 0.2) is 41.6 Å². The Morgan fingerprint density at radius 3 is 2.32 bits per heavy atom. The molecule has 19 heavy (non-hydrogen) atoms. The zero-order valence-electron chi connectivity index (χ0n) is 9.62. The third kappa shape index (κ3) is 3.22. The fraction of sp³-hybridized carbons (Fsp3) is 0. The van der Waals surface area contributed by atoms with Crippen molar-refractivity contribution in [2.24, 2.45) is 5.73 Å². The summed E-state index contributed by atoms with van der Waals surface area (Å²) in [6.45, 7) is 0. The van der Waals surface area contributed by atoms with Crippen molar-refractivity contribution in [2.45, 2.75) is 5.03 Å². The molecule has 2 rings (SSSR count). The van der Waals surface area contributed by atoms with Crippen LogP contribution in [0.2, 0.25) is 0 Å². The molecule has 0 unspecified atom stereocenters. The minimum absolute atomic E-state index is 0.0353. The molecule has 0 saturated carbocycles. The number of rotatable bonds is 4. The van der Waals surface area contributed by atoms with Gasteiger partial charge in [0.1, 0.15) is 0 Å². The van der Waals surface area contributed by atoms with E-state index in [1.165, 1.54) is 36.5 Å². The molecule has 0 fully saturated rings. The number of hydrogen-bond donors (Lipinski definition) is 4. The van der Waals surface area contributed by atoms with E-state index in [0.717, 1.165) is 0 Å². The molecule has 0 aliphatic rings. The molecule has 8 nitrogen and oxygen atoms in total. The van der Waals surface area contributed by atoms with E-state index in [4.69, 9.17) is 5.73 Å². The van der Waals surface area contributed by atoms with Crippen LogP contribution in [0.4, 0.5) is 16.2 Å². The lowest BCUT2D eigenvalue weighted by Crippen LogP contribution is -2.19. The van der Waals surface area contributed by atoms with Gasteiger partial charge in [0, 0.05) is 11.4 Å². The van der Waals surface area contributed by atoms with E-state index < -0.39 is 16.1 Å². The maximum atomic E-state index is 11.9. The highest BCUT2D eigenvalue weighted by atomic mass is 32.2. The van der Waals surface area contributed by atoms with Crippen molar-refractivity contribution in [3.05, 3.63) is 36.5 Å². The van der Waals surface area contributed by atoms with Gasteiger partial charge < -0.3 is 11.1 Å². The van der Waals surface area contributed by atoms with Crippen molar-refractivity contribution in [3.8, 4) is 0 Å². The maximum absolute atomic E-state index is 11.9. The molecule has 0 saturated heterocycles. The predicted molar refractivity (Wildman–Crippen MR) is 69.0 cm³/mol. The highest BCUT2D eigenvalue weighted by Crippen LogP contribution is 2.16. The van der Waals surface area contributed by atoms with Crippen molar-refractivity contribution >= 4 is 27.4 Å². The van der Waals surface area contributed by atoms with Crippen LogP contribution in [0.1, 0.15) is 0 Å². The lowest BCUT2D eigenvalue weighted by atomic mass is 10.3. The monoisotopic (exact) mass is 281 g/mol. The van der Waals surface area contributed by atoms with Gasteiger partial charge in [-0.25, -0.2) is 4.79 Å². The first-order chi connectivity index (χ1) is 8.97. The highest BCUT2D eigenvalue weighted by Gasteiger charge is 2.15. The molecule has 2 aromatic rings. The quantitative estimate of drug-likeness (QED) is 0.657. The van der Waals surface area contributed by atoms with Crippen LogP contribution in [0.25, 0.3) is 0 Å². The minimum Gasteiger partial charge on any atom is -0.351 e. The number of nitrogens with zero attached hydrogens (tertiary/aromatic N) is 1. The number of urea groups is 1. The number of benzene rings is 1. The van der Waals surface area contributed by atoms with Crippen LogP contribution in [-0.4, -0.2) is 24.6 Å². The Kier molecular flexibility index (Phi) is 3.38. The zero-order chi connectivity index (χ0) is 13.9. The van der Waals surface area contributed by atoms with E-state index in [1.54, 1.807) is 0 Å². The first-order valence-corrected chi connectivity index (χ1v) is 6.64. The number of anilines is 2. The molecule has 0 spiro atoms. The minimum atomic E-state index is -3.69. The number of carbonyl (C=O) groups is 1. The number of sulfonamides is 1. The van der Waals surface area contributed by atoms with E-state index in [0.29, 0.717) is 11.4 Å². The highest BCUT2D eigenvalue weighted by molar-refractivity contribution is 7.92. The molecule has 0 bridgehead atoms. The molecule has 9 heteroatoms. The van der Waals surface area contributed by atoms with Gasteiger partial charge in [0.25, 0.3) is 10.0 Å². The van der Waals surface area contributed by atoms with Gasteiger partial charge in [-0.1, -0.05) is 0 Å². The molecule has 5 N–H and O–H groups in total. The Morgan fingerprint density at radius 2 is 1.79 bits per heavy atom. The van der Waals surface area contributed by atoms with Crippen LogP contribution in [-0.2, 0) is 10.0 Å². The van der Waals surface area contributed by atoms with Gasteiger partial charge in [-0.15, -0.1) is 0 Å². The summed E-state index contributed by atoms with van der Waals surface area (Å²) < 4.78 is 26.1. The smallest absolute Gasteiger partial charge is 0.316 e.